The van der Waals surface area contributed by atoms with Crippen LogP contribution in [0.15, 0.2) is 6.20 Å². The first-order valence-corrected chi connectivity index (χ1v) is 4.25. The van der Waals surface area contributed by atoms with Crippen LogP contribution in [0.1, 0.15) is 5.69 Å². The lowest BCUT2D eigenvalue weighted by Crippen LogP contribution is -2.19. The normalized spacial score (nSPS) is 12.0. The summed E-state index contributed by atoms with van der Waals surface area (Å²) in [5, 5.41) is 7.32. The molecule has 1 rings (SSSR count). The van der Waals surface area contributed by atoms with Crippen LogP contribution in [0.3, 0.4) is 0 Å². The zero-order valence-electron chi connectivity index (χ0n) is 7.87. The first-order chi connectivity index (χ1) is 7.01. The molecule has 0 radical (unpaired) electrons. The molecule has 0 saturated carbocycles. The lowest BCUT2D eigenvalue weighted by Gasteiger charge is -2.06. The number of nitrogens with two attached hydrogens (primary N) is 1. The van der Waals surface area contributed by atoms with Gasteiger partial charge in [-0.15, -0.1) is 5.10 Å². The van der Waals surface area contributed by atoms with Crippen molar-refractivity contribution in [1.29, 1.82) is 0 Å². The molecule has 0 saturated heterocycles. The molecule has 5 nitrogen and oxygen atoms in total. The van der Waals surface area contributed by atoms with Crippen molar-refractivity contribution in [2.24, 2.45) is 5.73 Å². The Labute approximate surface area is 84.0 Å². The molecule has 0 fully saturated rings. The van der Waals surface area contributed by atoms with Crippen LogP contribution >= 0.6 is 0 Å². The number of halogens is 3. The SMILES string of the molecule is NCc1cn(CCOCC(F)(F)F)nn1. The standard InChI is InChI=1S/C7H11F3N4O/c8-7(9,10)5-15-2-1-14-4-6(3-11)12-13-14/h4H,1-3,5,11H2. The van der Waals surface area contributed by atoms with Crippen molar-refractivity contribution in [3.63, 3.8) is 0 Å². The van der Waals surface area contributed by atoms with Crippen LogP contribution < -0.4 is 5.73 Å². The molecule has 1 aromatic rings. The van der Waals surface area contributed by atoms with E-state index in [0.717, 1.165) is 0 Å². The first kappa shape index (κ1) is 11.9. The molecular weight excluding hydrogens is 213 g/mol. The van der Waals surface area contributed by atoms with Gasteiger partial charge >= 0.3 is 6.18 Å². The highest BCUT2D eigenvalue weighted by molar-refractivity contribution is 4.90. The highest BCUT2D eigenvalue weighted by Crippen LogP contribution is 2.14. The van der Waals surface area contributed by atoms with E-state index >= 15 is 0 Å². The number of hydrogen-bond acceptors (Lipinski definition) is 4. The fourth-order valence-corrected chi connectivity index (χ4v) is 0.887. The van der Waals surface area contributed by atoms with E-state index in [9.17, 15) is 13.2 Å². The molecule has 0 aliphatic rings. The van der Waals surface area contributed by atoms with Gasteiger partial charge in [-0.3, -0.25) is 0 Å². The van der Waals surface area contributed by atoms with Crippen LogP contribution in [-0.4, -0.2) is 34.4 Å². The van der Waals surface area contributed by atoms with Crippen molar-refractivity contribution in [2.75, 3.05) is 13.2 Å². The van der Waals surface area contributed by atoms with Gasteiger partial charge in [-0.05, 0) is 0 Å². The Bertz CT molecular complexity index is 299. The second-order valence-electron chi connectivity index (χ2n) is 2.84. The third kappa shape index (κ3) is 4.75. The Balaban J connectivity index is 2.20. The van der Waals surface area contributed by atoms with Crippen molar-refractivity contribution in [1.82, 2.24) is 15.0 Å². The molecule has 0 atom stereocenters. The zero-order chi connectivity index (χ0) is 11.3. The van der Waals surface area contributed by atoms with Crippen LogP contribution in [-0.2, 0) is 17.8 Å². The van der Waals surface area contributed by atoms with E-state index in [4.69, 9.17) is 5.73 Å². The number of rotatable bonds is 5. The lowest BCUT2D eigenvalue weighted by molar-refractivity contribution is -0.174. The molecule has 1 aromatic heterocycles. The van der Waals surface area contributed by atoms with E-state index in [-0.39, 0.29) is 19.7 Å². The first-order valence-electron chi connectivity index (χ1n) is 4.25. The fraction of sp³-hybridized carbons (Fsp3) is 0.714. The molecule has 0 amide bonds. The van der Waals surface area contributed by atoms with Gasteiger partial charge in [-0.1, -0.05) is 5.21 Å². The fourth-order valence-electron chi connectivity index (χ4n) is 0.887. The van der Waals surface area contributed by atoms with Gasteiger partial charge in [0, 0.05) is 12.7 Å². The smallest absolute Gasteiger partial charge is 0.370 e. The summed E-state index contributed by atoms with van der Waals surface area (Å²) in [5.74, 6) is 0. The topological polar surface area (TPSA) is 66.0 Å². The minimum Gasteiger partial charge on any atom is -0.370 e. The Hall–Kier alpha value is -1.15. The molecule has 15 heavy (non-hydrogen) atoms. The molecule has 86 valence electrons. The molecule has 0 unspecified atom stereocenters. The minimum atomic E-state index is -4.29. The van der Waals surface area contributed by atoms with Gasteiger partial charge in [0.05, 0.1) is 18.8 Å². The number of aromatic nitrogens is 3. The molecule has 0 aromatic carbocycles. The van der Waals surface area contributed by atoms with Crippen molar-refractivity contribution in [3.05, 3.63) is 11.9 Å². The largest absolute Gasteiger partial charge is 0.411 e. The Morgan fingerprint density at radius 2 is 2.20 bits per heavy atom. The predicted octanol–water partition coefficient (Wildman–Crippen LogP) is 0.316. The second kappa shape index (κ2) is 5.08. The van der Waals surface area contributed by atoms with Crippen molar-refractivity contribution < 1.29 is 17.9 Å². The number of nitrogens with zero attached hydrogens (tertiary/aromatic N) is 3. The number of ether oxygens (including phenoxy) is 1. The Kier molecular flexibility index (Phi) is 4.04. The molecular formula is C7H11F3N4O. The van der Waals surface area contributed by atoms with Gasteiger partial charge in [-0.25, -0.2) is 4.68 Å². The molecule has 1 heterocycles. The van der Waals surface area contributed by atoms with Crippen molar-refractivity contribution in [3.8, 4) is 0 Å². The third-order valence-corrected chi connectivity index (χ3v) is 1.53. The Morgan fingerprint density at radius 3 is 2.73 bits per heavy atom. The van der Waals surface area contributed by atoms with Crippen LogP contribution in [0, 0.1) is 0 Å². The van der Waals surface area contributed by atoms with Crippen molar-refractivity contribution >= 4 is 0 Å². The number of hydrogen-bond donors (Lipinski definition) is 1. The summed E-state index contributed by atoms with van der Waals surface area (Å²) in [6.07, 6.45) is -2.72. The van der Waals surface area contributed by atoms with Crippen LogP contribution in [0.5, 0.6) is 0 Å². The van der Waals surface area contributed by atoms with E-state index in [1.54, 1.807) is 6.20 Å². The quantitative estimate of drug-likeness (QED) is 0.731. The highest BCUT2D eigenvalue weighted by atomic mass is 19.4. The monoisotopic (exact) mass is 224 g/mol. The molecule has 8 heteroatoms. The van der Waals surface area contributed by atoms with Crippen molar-refractivity contribution in [2.45, 2.75) is 19.3 Å². The molecule has 0 aliphatic carbocycles. The van der Waals surface area contributed by atoms with Gasteiger partial charge < -0.3 is 10.5 Å². The van der Waals surface area contributed by atoms with E-state index in [2.05, 4.69) is 15.0 Å². The summed E-state index contributed by atoms with van der Waals surface area (Å²) in [7, 11) is 0. The van der Waals surface area contributed by atoms with E-state index in [1.807, 2.05) is 0 Å². The maximum atomic E-state index is 11.7. The highest BCUT2D eigenvalue weighted by Gasteiger charge is 2.27. The van der Waals surface area contributed by atoms with E-state index < -0.39 is 12.8 Å². The molecule has 2 N–H and O–H groups in total. The van der Waals surface area contributed by atoms with Gasteiger partial charge in [0.2, 0.25) is 0 Å². The van der Waals surface area contributed by atoms with Crippen LogP contribution in [0.25, 0.3) is 0 Å². The maximum absolute atomic E-state index is 11.7. The van der Waals surface area contributed by atoms with Gasteiger partial charge in [0.1, 0.15) is 6.61 Å². The molecule has 0 bridgehead atoms. The second-order valence-corrected chi connectivity index (χ2v) is 2.84. The zero-order valence-corrected chi connectivity index (χ0v) is 7.87. The van der Waals surface area contributed by atoms with Gasteiger partial charge in [0.15, 0.2) is 0 Å². The van der Waals surface area contributed by atoms with Crippen LogP contribution in [0.2, 0.25) is 0 Å². The summed E-state index contributed by atoms with van der Waals surface area (Å²) in [6, 6.07) is 0. The minimum absolute atomic E-state index is 0.0626. The van der Waals surface area contributed by atoms with E-state index in [0.29, 0.717) is 5.69 Å². The average Bonchev–Trinajstić information content (AvgIpc) is 2.59. The summed E-state index contributed by atoms with van der Waals surface area (Å²) in [4.78, 5) is 0. The lowest BCUT2D eigenvalue weighted by atomic mass is 10.5. The summed E-state index contributed by atoms with van der Waals surface area (Å²) >= 11 is 0. The summed E-state index contributed by atoms with van der Waals surface area (Å²) in [5.41, 5.74) is 5.87. The number of alkyl halides is 3. The Morgan fingerprint density at radius 1 is 1.47 bits per heavy atom. The molecule has 0 aliphatic heterocycles. The molecule has 0 spiro atoms. The summed E-state index contributed by atoms with van der Waals surface area (Å²) in [6.45, 7) is -0.829. The van der Waals surface area contributed by atoms with Crippen LogP contribution in [0.4, 0.5) is 13.2 Å². The van der Waals surface area contributed by atoms with Gasteiger partial charge in [-0.2, -0.15) is 13.2 Å². The predicted molar refractivity (Wildman–Crippen MR) is 44.8 cm³/mol. The van der Waals surface area contributed by atoms with Gasteiger partial charge in [0.25, 0.3) is 0 Å². The maximum Gasteiger partial charge on any atom is 0.411 e. The third-order valence-electron chi connectivity index (χ3n) is 1.53. The summed E-state index contributed by atoms with van der Waals surface area (Å²) < 4.78 is 40.8. The van der Waals surface area contributed by atoms with E-state index in [1.165, 1.54) is 4.68 Å². The average molecular weight is 224 g/mol.